The molecule has 0 spiro atoms. The van der Waals surface area contributed by atoms with E-state index in [0.29, 0.717) is 30.3 Å². The van der Waals surface area contributed by atoms with Crippen LogP contribution >= 0.6 is 11.3 Å². The Hall–Kier alpha value is -3.52. The van der Waals surface area contributed by atoms with E-state index in [9.17, 15) is 4.79 Å². The molecule has 0 fully saturated rings. The van der Waals surface area contributed by atoms with Gasteiger partial charge in [-0.25, -0.2) is 15.0 Å². The monoisotopic (exact) mass is 445 g/mol. The van der Waals surface area contributed by atoms with Gasteiger partial charge in [-0.15, -0.1) is 11.3 Å². The fourth-order valence-electron chi connectivity index (χ4n) is 3.80. The number of aryl methyl sites for hydroxylation is 1. The van der Waals surface area contributed by atoms with Gasteiger partial charge in [-0.2, -0.15) is 0 Å². The van der Waals surface area contributed by atoms with E-state index in [4.69, 9.17) is 14.7 Å². The van der Waals surface area contributed by atoms with Gasteiger partial charge in [0.2, 0.25) is 0 Å². The highest BCUT2D eigenvalue weighted by atomic mass is 32.1. The highest BCUT2D eigenvalue weighted by Gasteiger charge is 2.27. The molecule has 162 valence electrons. The smallest absolute Gasteiger partial charge is 0.259 e. The molecule has 3 heterocycles. The van der Waals surface area contributed by atoms with Crippen LogP contribution in [-0.4, -0.2) is 41.0 Å². The SMILES string of the molecule is Cc1nc(COc2cccc(C(=O)N3CCCN(C)c4nc5ccccc5nc43)c2)cs1. The van der Waals surface area contributed by atoms with E-state index in [2.05, 4.69) is 9.88 Å². The molecule has 1 aliphatic heterocycles. The molecule has 2 aromatic carbocycles. The summed E-state index contributed by atoms with van der Waals surface area (Å²) in [6.07, 6.45) is 0.829. The number of fused-ring (bicyclic) bond motifs is 2. The number of rotatable bonds is 4. The van der Waals surface area contributed by atoms with Crippen LogP contribution in [0.3, 0.4) is 0 Å². The van der Waals surface area contributed by atoms with Crippen LogP contribution in [0.5, 0.6) is 5.75 Å². The minimum Gasteiger partial charge on any atom is -0.487 e. The molecule has 1 amide bonds. The summed E-state index contributed by atoms with van der Waals surface area (Å²) in [7, 11) is 1.99. The van der Waals surface area contributed by atoms with Crippen LogP contribution in [0.15, 0.2) is 53.9 Å². The van der Waals surface area contributed by atoms with E-state index in [-0.39, 0.29) is 5.91 Å². The second kappa shape index (κ2) is 8.55. The maximum atomic E-state index is 13.6. The highest BCUT2D eigenvalue weighted by Crippen LogP contribution is 2.31. The van der Waals surface area contributed by atoms with Crippen molar-refractivity contribution in [1.82, 2.24) is 15.0 Å². The number of hydrogen-bond donors (Lipinski definition) is 0. The van der Waals surface area contributed by atoms with Gasteiger partial charge in [-0.05, 0) is 43.7 Å². The Morgan fingerprint density at radius 3 is 2.56 bits per heavy atom. The molecule has 8 heteroatoms. The van der Waals surface area contributed by atoms with Gasteiger partial charge in [0.05, 0.1) is 21.7 Å². The first-order valence-corrected chi connectivity index (χ1v) is 11.4. The number of thiazole rings is 1. The summed E-state index contributed by atoms with van der Waals surface area (Å²) in [5, 5.41) is 2.99. The van der Waals surface area contributed by atoms with Gasteiger partial charge in [-0.3, -0.25) is 9.69 Å². The number of benzene rings is 2. The Morgan fingerprint density at radius 1 is 1.03 bits per heavy atom. The third-order valence-electron chi connectivity index (χ3n) is 5.41. The number of amides is 1. The number of para-hydroxylation sites is 2. The number of anilines is 2. The van der Waals surface area contributed by atoms with Gasteiger partial charge < -0.3 is 9.64 Å². The molecule has 2 aromatic heterocycles. The maximum absolute atomic E-state index is 13.6. The van der Waals surface area contributed by atoms with Gasteiger partial charge in [0.25, 0.3) is 5.91 Å². The molecular formula is C24H23N5O2S. The van der Waals surface area contributed by atoms with Crippen LogP contribution in [0.1, 0.15) is 27.5 Å². The Kier molecular flexibility index (Phi) is 5.45. The topological polar surface area (TPSA) is 71.5 Å². The lowest BCUT2D eigenvalue weighted by atomic mass is 10.2. The lowest BCUT2D eigenvalue weighted by Crippen LogP contribution is -2.32. The van der Waals surface area contributed by atoms with Crippen LogP contribution < -0.4 is 14.5 Å². The predicted octanol–water partition coefficient (Wildman–Crippen LogP) is 4.46. The molecule has 0 saturated carbocycles. The van der Waals surface area contributed by atoms with Crippen LogP contribution in [-0.2, 0) is 6.61 Å². The summed E-state index contributed by atoms with van der Waals surface area (Å²) >= 11 is 1.59. The molecule has 4 aromatic rings. The second-order valence-electron chi connectivity index (χ2n) is 7.77. The average Bonchev–Trinajstić information content (AvgIpc) is 3.17. The molecule has 7 nitrogen and oxygen atoms in total. The van der Waals surface area contributed by atoms with Crippen molar-refractivity contribution in [2.75, 3.05) is 29.9 Å². The summed E-state index contributed by atoms with van der Waals surface area (Å²) in [5.41, 5.74) is 3.04. The lowest BCUT2D eigenvalue weighted by Gasteiger charge is -2.23. The largest absolute Gasteiger partial charge is 0.487 e. The van der Waals surface area contributed by atoms with Crippen molar-refractivity contribution in [2.24, 2.45) is 0 Å². The number of hydrogen-bond acceptors (Lipinski definition) is 7. The first-order valence-electron chi connectivity index (χ1n) is 10.5. The molecular weight excluding hydrogens is 422 g/mol. The van der Waals surface area contributed by atoms with Gasteiger partial charge in [0.15, 0.2) is 11.6 Å². The summed E-state index contributed by atoms with van der Waals surface area (Å²) < 4.78 is 5.89. The van der Waals surface area contributed by atoms with Gasteiger partial charge in [0.1, 0.15) is 12.4 Å². The lowest BCUT2D eigenvalue weighted by molar-refractivity contribution is 0.0986. The number of ether oxygens (including phenoxy) is 1. The molecule has 0 saturated heterocycles. The minimum absolute atomic E-state index is 0.110. The molecule has 0 bridgehead atoms. The standard InChI is InChI=1S/C24H23N5O2S/c1-16-25-18(15-32-16)14-31-19-8-5-7-17(13-19)24(30)29-12-6-11-28(2)22-23(29)27-21-10-4-3-9-20(21)26-22/h3-5,7-10,13,15H,6,11-12,14H2,1-2H3. The number of carbonyl (C=O) groups excluding carboxylic acids is 1. The van der Waals surface area contributed by atoms with E-state index in [1.807, 2.05) is 61.8 Å². The third kappa shape index (κ3) is 4.01. The van der Waals surface area contributed by atoms with E-state index >= 15 is 0 Å². The zero-order valence-corrected chi connectivity index (χ0v) is 18.8. The van der Waals surface area contributed by atoms with Gasteiger partial charge in [0, 0.05) is 31.1 Å². The van der Waals surface area contributed by atoms with E-state index in [1.165, 1.54) is 0 Å². The van der Waals surface area contributed by atoms with Crippen LogP contribution in [0.25, 0.3) is 11.0 Å². The first-order chi connectivity index (χ1) is 15.6. The summed E-state index contributed by atoms with van der Waals surface area (Å²) in [4.78, 5) is 31.4. The summed E-state index contributed by atoms with van der Waals surface area (Å²) in [6, 6.07) is 15.0. The summed E-state index contributed by atoms with van der Waals surface area (Å²) in [5.74, 6) is 1.85. The fourth-order valence-corrected chi connectivity index (χ4v) is 4.40. The third-order valence-corrected chi connectivity index (χ3v) is 6.23. The van der Waals surface area contributed by atoms with E-state index in [0.717, 1.165) is 40.5 Å². The Bertz CT molecular complexity index is 1290. The quantitative estimate of drug-likeness (QED) is 0.462. The predicted molar refractivity (Wildman–Crippen MR) is 127 cm³/mol. The first kappa shape index (κ1) is 20.4. The molecule has 0 unspecified atom stereocenters. The molecule has 1 aliphatic rings. The van der Waals surface area contributed by atoms with Gasteiger partial charge >= 0.3 is 0 Å². The van der Waals surface area contributed by atoms with Crippen LogP contribution in [0, 0.1) is 6.92 Å². The van der Waals surface area contributed by atoms with Crippen LogP contribution in [0.4, 0.5) is 11.6 Å². The van der Waals surface area contributed by atoms with Crippen molar-refractivity contribution in [1.29, 1.82) is 0 Å². The normalized spacial score (nSPS) is 13.7. The molecule has 32 heavy (non-hydrogen) atoms. The average molecular weight is 446 g/mol. The minimum atomic E-state index is -0.110. The highest BCUT2D eigenvalue weighted by molar-refractivity contribution is 7.09. The van der Waals surface area contributed by atoms with Crippen LogP contribution in [0.2, 0.25) is 0 Å². The van der Waals surface area contributed by atoms with Crippen molar-refractivity contribution >= 4 is 39.9 Å². The Balaban J connectivity index is 1.45. The van der Waals surface area contributed by atoms with E-state index in [1.54, 1.807) is 22.3 Å². The fraction of sp³-hybridized carbons (Fsp3) is 0.250. The number of nitrogens with zero attached hydrogens (tertiary/aromatic N) is 5. The summed E-state index contributed by atoms with van der Waals surface area (Å²) in [6.45, 7) is 3.72. The second-order valence-corrected chi connectivity index (χ2v) is 8.83. The molecule has 0 N–H and O–H groups in total. The number of carbonyl (C=O) groups is 1. The van der Waals surface area contributed by atoms with Crippen molar-refractivity contribution < 1.29 is 9.53 Å². The molecule has 0 aliphatic carbocycles. The Labute approximate surface area is 190 Å². The van der Waals surface area contributed by atoms with Crippen molar-refractivity contribution in [2.45, 2.75) is 20.0 Å². The Morgan fingerprint density at radius 2 is 1.81 bits per heavy atom. The van der Waals surface area contributed by atoms with Gasteiger partial charge in [-0.1, -0.05) is 18.2 Å². The molecule has 0 radical (unpaired) electrons. The zero-order valence-electron chi connectivity index (χ0n) is 18.0. The van der Waals surface area contributed by atoms with E-state index < -0.39 is 0 Å². The van der Waals surface area contributed by atoms with Crippen molar-refractivity contribution in [3.63, 3.8) is 0 Å². The zero-order chi connectivity index (χ0) is 22.1. The maximum Gasteiger partial charge on any atom is 0.259 e. The molecule has 5 rings (SSSR count). The van der Waals surface area contributed by atoms with Crippen molar-refractivity contribution in [3.05, 3.63) is 70.2 Å². The van der Waals surface area contributed by atoms with Crippen molar-refractivity contribution in [3.8, 4) is 5.75 Å². The number of aromatic nitrogens is 3. The molecule has 0 atom stereocenters.